The van der Waals surface area contributed by atoms with Crippen molar-refractivity contribution in [1.82, 2.24) is 9.97 Å². The SMILES string of the molecule is OC(c1cncnc1)c1c(F)ccc(Br)c1F. The maximum atomic E-state index is 13.7. The van der Waals surface area contributed by atoms with E-state index in [1.807, 2.05) is 0 Å². The molecule has 17 heavy (non-hydrogen) atoms. The first-order valence-electron chi connectivity index (χ1n) is 4.67. The van der Waals surface area contributed by atoms with E-state index in [4.69, 9.17) is 0 Å². The average Bonchev–Trinajstić information content (AvgIpc) is 2.35. The smallest absolute Gasteiger partial charge is 0.146 e. The Balaban J connectivity index is 2.51. The lowest BCUT2D eigenvalue weighted by Gasteiger charge is -2.13. The molecule has 0 fully saturated rings. The van der Waals surface area contributed by atoms with Gasteiger partial charge in [-0.25, -0.2) is 18.7 Å². The van der Waals surface area contributed by atoms with E-state index < -0.39 is 23.3 Å². The molecule has 0 aliphatic carbocycles. The number of nitrogens with zero attached hydrogens (tertiary/aromatic N) is 2. The number of aliphatic hydroxyl groups excluding tert-OH is 1. The lowest BCUT2D eigenvalue weighted by atomic mass is 10.0. The van der Waals surface area contributed by atoms with Crippen molar-refractivity contribution in [3.63, 3.8) is 0 Å². The Morgan fingerprint density at radius 2 is 1.82 bits per heavy atom. The van der Waals surface area contributed by atoms with Gasteiger partial charge in [0.1, 0.15) is 24.1 Å². The Bertz CT molecular complexity index is 536. The van der Waals surface area contributed by atoms with E-state index in [0.29, 0.717) is 0 Å². The molecule has 3 nitrogen and oxygen atoms in total. The first-order valence-corrected chi connectivity index (χ1v) is 5.47. The van der Waals surface area contributed by atoms with Crippen LogP contribution >= 0.6 is 15.9 Å². The summed E-state index contributed by atoms with van der Waals surface area (Å²) < 4.78 is 27.3. The van der Waals surface area contributed by atoms with Crippen molar-refractivity contribution in [2.45, 2.75) is 6.10 Å². The summed E-state index contributed by atoms with van der Waals surface area (Å²) >= 11 is 2.94. The molecule has 1 N–H and O–H groups in total. The van der Waals surface area contributed by atoms with Crippen LogP contribution in [0, 0.1) is 11.6 Å². The second-order valence-electron chi connectivity index (χ2n) is 3.33. The minimum atomic E-state index is -1.44. The summed E-state index contributed by atoms with van der Waals surface area (Å²) in [5, 5.41) is 9.90. The van der Waals surface area contributed by atoms with Crippen molar-refractivity contribution >= 4 is 15.9 Å². The van der Waals surface area contributed by atoms with Gasteiger partial charge in [0.2, 0.25) is 0 Å². The molecule has 1 aromatic carbocycles. The van der Waals surface area contributed by atoms with Gasteiger partial charge in [0.05, 0.1) is 10.0 Å². The highest BCUT2D eigenvalue weighted by molar-refractivity contribution is 9.10. The molecule has 1 unspecified atom stereocenters. The van der Waals surface area contributed by atoms with Gasteiger partial charge >= 0.3 is 0 Å². The summed E-state index contributed by atoms with van der Waals surface area (Å²) in [5.41, 5.74) is -0.197. The van der Waals surface area contributed by atoms with Crippen LogP contribution in [-0.4, -0.2) is 15.1 Å². The van der Waals surface area contributed by atoms with E-state index in [0.717, 1.165) is 6.07 Å². The fourth-order valence-corrected chi connectivity index (χ4v) is 1.76. The molecule has 0 amide bonds. The minimum absolute atomic E-state index is 0.0878. The zero-order chi connectivity index (χ0) is 12.4. The maximum Gasteiger partial charge on any atom is 0.146 e. The molecular formula is C11H7BrF2N2O. The molecule has 1 heterocycles. The van der Waals surface area contributed by atoms with E-state index in [1.54, 1.807) is 0 Å². The molecule has 88 valence electrons. The molecule has 0 bridgehead atoms. The molecular weight excluding hydrogens is 294 g/mol. The predicted molar refractivity (Wildman–Crippen MR) is 60.2 cm³/mol. The number of aliphatic hydroxyl groups is 1. The van der Waals surface area contributed by atoms with Gasteiger partial charge in [-0.15, -0.1) is 0 Å². The van der Waals surface area contributed by atoms with Gasteiger partial charge in [-0.05, 0) is 28.1 Å². The average molecular weight is 301 g/mol. The van der Waals surface area contributed by atoms with Crippen LogP contribution < -0.4 is 0 Å². The molecule has 0 saturated heterocycles. The van der Waals surface area contributed by atoms with Crippen LogP contribution in [0.1, 0.15) is 17.2 Å². The monoisotopic (exact) mass is 300 g/mol. The zero-order valence-electron chi connectivity index (χ0n) is 8.44. The van der Waals surface area contributed by atoms with Crippen molar-refractivity contribution < 1.29 is 13.9 Å². The molecule has 0 radical (unpaired) electrons. The first-order chi connectivity index (χ1) is 8.11. The highest BCUT2D eigenvalue weighted by Gasteiger charge is 2.21. The van der Waals surface area contributed by atoms with Crippen molar-refractivity contribution in [2.75, 3.05) is 0 Å². The third-order valence-corrected chi connectivity index (χ3v) is 2.86. The minimum Gasteiger partial charge on any atom is -0.383 e. The van der Waals surface area contributed by atoms with Gasteiger partial charge in [-0.2, -0.15) is 0 Å². The largest absolute Gasteiger partial charge is 0.383 e. The Morgan fingerprint density at radius 3 is 2.47 bits per heavy atom. The van der Waals surface area contributed by atoms with Crippen LogP contribution in [0.5, 0.6) is 0 Å². The molecule has 0 aliphatic rings. The fraction of sp³-hybridized carbons (Fsp3) is 0.0909. The molecule has 0 aliphatic heterocycles. The predicted octanol–water partition coefficient (Wildman–Crippen LogP) is 2.60. The molecule has 1 atom stereocenters. The molecule has 0 saturated carbocycles. The number of benzene rings is 1. The number of hydrogen-bond donors (Lipinski definition) is 1. The summed E-state index contributed by atoms with van der Waals surface area (Å²) in [7, 11) is 0. The second kappa shape index (κ2) is 4.85. The van der Waals surface area contributed by atoms with Crippen molar-refractivity contribution in [3.05, 3.63) is 58.1 Å². The summed E-state index contributed by atoms with van der Waals surface area (Å²) in [6.45, 7) is 0. The van der Waals surface area contributed by atoms with Gasteiger partial charge in [-0.1, -0.05) is 0 Å². The number of aromatic nitrogens is 2. The van der Waals surface area contributed by atoms with E-state index in [-0.39, 0.29) is 10.0 Å². The standard InChI is InChI=1S/C11H7BrF2N2O/c12-7-1-2-8(13)9(10(7)14)11(17)6-3-15-5-16-4-6/h1-5,11,17H. The van der Waals surface area contributed by atoms with Crippen LogP contribution in [0.3, 0.4) is 0 Å². The van der Waals surface area contributed by atoms with E-state index in [1.165, 1.54) is 24.8 Å². The third kappa shape index (κ3) is 2.32. The Kier molecular flexibility index (Phi) is 3.44. The summed E-state index contributed by atoms with van der Waals surface area (Å²) in [6.07, 6.45) is 2.44. The zero-order valence-corrected chi connectivity index (χ0v) is 10.0. The molecule has 1 aromatic heterocycles. The normalized spacial score (nSPS) is 12.5. The molecule has 2 rings (SSSR count). The number of rotatable bonds is 2. The summed E-state index contributed by atoms with van der Waals surface area (Å²) in [6, 6.07) is 2.32. The second-order valence-corrected chi connectivity index (χ2v) is 4.19. The Labute approximate surface area is 104 Å². The number of halogens is 3. The Morgan fingerprint density at radius 1 is 1.18 bits per heavy atom. The van der Waals surface area contributed by atoms with Gasteiger partial charge < -0.3 is 5.11 Å². The van der Waals surface area contributed by atoms with Gasteiger partial charge in [0.25, 0.3) is 0 Å². The Hall–Kier alpha value is -1.40. The van der Waals surface area contributed by atoms with Crippen LogP contribution in [0.25, 0.3) is 0 Å². The fourth-order valence-electron chi connectivity index (χ4n) is 1.41. The van der Waals surface area contributed by atoms with Crippen LogP contribution in [0.2, 0.25) is 0 Å². The van der Waals surface area contributed by atoms with E-state index in [9.17, 15) is 13.9 Å². The van der Waals surface area contributed by atoms with Gasteiger partial charge in [-0.3, -0.25) is 0 Å². The molecule has 0 spiro atoms. The molecule has 6 heteroatoms. The van der Waals surface area contributed by atoms with E-state index >= 15 is 0 Å². The highest BCUT2D eigenvalue weighted by Crippen LogP contribution is 2.29. The van der Waals surface area contributed by atoms with Gasteiger partial charge in [0.15, 0.2) is 0 Å². The summed E-state index contributed by atoms with van der Waals surface area (Å²) in [4.78, 5) is 7.37. The van der Waals surface area contributed by atoms with Crippen LogP contribution in [-0.2, 0) is 0 Å². The molecule has 2 aromatic rings. The first kappa shape index (κ1) is 12.1. The van der Waals surface area contributed by atoms with Crippen molar-refractivity contribution in [1.29, 1.82) is 0 Å². The maximum absolute atomic E-state index is 13.7. The summed E-state index contributed by atoms with van der Waals surface area (Å²) in [5.74, 6) is -1.65. The highest BCUT2D eigenvalue weighted by atomic mass is 79.9. The van der Waals surface area contributed by atoms with Crippen LogP contribution in [0.4, 0.5) is 8.78 Å². The lowest BCUT2D eigenvalue weighted by molar-refractivity contribution is 0.208. The number of hydrogen-bond acceptors (Lipinski definition) is 3. The van der Waals surface area contributed by atoms with E-state index in [2.05, 4.69) is 25.9 Å². The van der Waals surface area contributed by atoms with Crippen molar-refractivity contribution in [3.8, 4) is 0 Å². The third-order valence-electron chi connectivity index (χ3n) is 2.25. The van der Waals surface area contributed by atoms with Crippen LogP contribution in [0.15, 0.2) is 35.3 Å². The van der Waals surface area contributed by atoms with Gasteiger partial charge in [0, 0.05) is 18.0 Å². The van der Waals surface area contributed by atoms with Crippen molar-refractivity contribution in [2.24, 2.45) is 0 Å². The quantitative estimate of drug-likeness (QED) is 0.867. The lowest BCUT2D eigenvalue weighted by Crippen LogP contribution is -2.07. The topological polar surface area (TPSA) is 46.0 Å².